The molecule has 3 aliphatic rings. The van der Waals surface area contributed by atoms with Crippen LogP contribution in [0.15, 0.2) is 78.7 Å². The van der Waals surface area contributed by atoms with Gasteiger partial charge in [-0.3, -0.25) is 9.78 Å². The highest BCUT2D eigenvalue weighted by Crippen LogP contribution is 2.44. The molecule has 2 aromatic heterocycles. The zero-order valence-corrected chi connectivity index (χ0v) is 42.7. The lowest BCUT2D eigenvalue weighted by Crippen LogP contribution is -2.59. The van der Waals surface area contributed by atoms with E-state index in [9.17, 15) is 14.7 Å². The summed E-state index contributed by atoms with van der Waals surface area (Å²) in [6, 6.07) is 12.9. The van der Waals surface area contributed by atoms with Crippen molar-refractivity contribution in [2.45, 2.75) is 161 Å². The number of aliphatic hydroxyl groups excluding tert-OH is 1. The molecule has 0 radical (unpaired) electrons. The van der Waals surface area contributed by atoms with Crippen LogP contribution in [0.4, 0.5) is 4.79 Å². The van der Waals surface area contributed by atoms with Crippen molar-refractivity contribution in [2.75, 3.05) is 41.1 Å². The number of aromatic nitrogens is 3. The van der Waals surface area contributed by atoms with E-state index in [0.29, 0.717) is 39.0 Å². The summed E-state index contributed by atoms with van der Waals surface area (Å²) in [5.74, 6) is -2.69. The van der Waals surface area contributed by atoms with Gasteiger partial charge in [-0.2, -0.15) is 0 Å². The molecule has 3 aromatic rings. The average Bonchev–Trinajstić information content (AvgIpc) is 3.92. The number of nitrogens with zero attached hydrogens (tertiary/aromatic N) is 5. The summed E-state index contributed by atoms with van der Waals surface area (Å²) in [6.07, 6.45) is 6.33. The van der Waals surface area contributed by atoms with E-state index >= 15 is 4.79 Å². The second kappa shape index (κ2) is 23.9. The number of cyclic esters (lactones) is 1. The molecular formula is C53H77N5O11. The third-order valence-electron chi connectivity index (χ3n) is 14.6. The van der Waals surface area contributed by atoms with Gasteiger partial charge < -0.3 is 52.6 Å². The number of hydrogen-bond acceptors (Lipinski definition) is 14. The van der Waals surface area contributed by atoms with Crippen molar-refractivity contribution in [1.82, 2.24) is 24.3 Å². The molecule has 0 bridgehead atoms. The first-order chi connectivity index (χ1) is 32.9. The molecule has 16 nitrogen and oxygen atoms in total. The van der Waals surface area contributed by atoms with Gasteiger partial charge in [0, 0.05) is 68.1 Å². The van der Waals surface area contributed by atoms with Crippen molar-refractivity contribution in [3.63, 3.8) is 0 Å². The lowest BCUT2D eigenvalue weighted by molar-refractivity contribution is -0.296. The number of rotatable bonds is 18. The van der Waals surface area contributed by atoms with Crippen LogP contribution < -0.4 is 0 Å². The van der Waals surface area contributed by atoms with Gasteiger partial charge in [-0.15, -0.1) is 0 Å². The van der Waals surface area contributed by atoms with Crippen LogP contribution in [-0.4, -0.2) is 142 Å². The number of pyridine rings is 1. The number of carbonyl (C=O) groups is 3. The third-order valence-corrected chi connectivity index (χ3v) is 14.6. The van der Waals surface area contributed by atoms with Crippen molar-refractivity contribution in [2.24, 2.45) is 17.8 Å². The minimum absolute atomic E-state index is 0.119. The summed E-state index contributed by atoms with van der Waals surface area (Å²) < 4.78 is 46.9. The number of aliphatic hydroxyl groups is 1. The molecule has 1 N–H and O–H groups in total. The fourth-order valence-corrected chi connectivity index (χ4v) is 10.8. The zero-order chi connectivity index (χ0) is 50.0. The second-order valence-electron chi connectivity index (χ2n) is 19.9. The highest BCUT2D eigenvalue weighted by atomic mass is 16.7. The molecule has 0 saturated carbocycles. The highest BCUT2D eigenvalue weighted by molar-refractivity contribution is 5.89. The van der Waals surface area contributed by atoms with Crippen LogP contribution in [0.25, 0.3) is 11.3 Å². The summed E-state index contributed by atoms with van der Waals surface area (Å²) >= 11 is 0. The van der Waals surface area contributed by atoms with Gasteiger partial charge in [-0.1, -0.05) is 58.0 Å². The zero-order valence-electron chi connectivity index (χ0n) is 42.7. The van der Waals surface area contributed by atoms with Gasteiger partial charge in [0.25, 0.3) is 0 Å². The van der Waals surface area contributed by atoms with Crippen molar-refractivity contribution in [3.05, 3.63) is 84.3 Å². The number of aryl methyl sites for hydroxylation is 2. The van der Waals surface area contributed by atoms with E-state index in [1.807, 2.05) is 102 Å². The smallest absolute Gasteiger partial charge is 0.410 e. The monoisotopic (exact) mass is 960 g/mol. The van der Waals surface area contributed by atoms with Crippen molar-refractivity contribution >= 4 is 17.8 Å². The molecule has 380 valence electrons. The fourth-order valence-electron chi connectivity index (χ4n) is 10.8. The molecule has 5 heterocycles. The molecule has 0 unspecified atom stereocenters. The molecule has 69 heavy (non-hydrogen) atoms. The third kappa shape index (κ3) is 12.6. The van der Waals surface area contributed by atoms with Crippen molar-refractivity contribution < 1.29 is 52.6 Å². The predicted molar refractivity (Wildman–Crippen MR) is 259 cm³/mol. The predicted octanol–water partition coefficient (Wildman–Crippen LogP) is 7.62. The number of methoxy groups -OCH3 is 1. The van der Waals surface area contributed by atoms with E-state index in [0.717, 1.165) is 24.1 Å². The molecule has 6 rings (SSSR count). The number of Topliss-reactive ketones (excluding diaryl/α,β-unsaturated/α-hetero) is 1. The van der Waals surface area contributed by atoms with E-state index < -0.39 is 71.7 Å². The second-order valence-corrected chi connectivity index (χ2v) is 19.9. The Hall–Kier alpha value is -4.71. The molecule has 1 amide bonds. The van der Waals surface area contributed by atoms with Crippen LogP contribution in [0.3, 0.4) is 0 Å². The molecule has 2 saturated heterocycles. The Kier molecular flexibility index (Phi) is 18.6. The standard InChI is InChI=1S/C53H77N5O11/c1-12-43-53(8)47(58(51(62)69-53)26-17-16-25-57-31-41(55-32-57)40-23-18-24-54-30-40)36(4)44(59)34(2)29-52(7,63-11)48(68-50-45(60)42(56(9)10)28-35(3)66-50)37(5)46(38(6)49(61)67-43)65-33-64-27-19-22-39-20-14-13-15-21-39/h13-15,18,20-21,23-24,30-32,34-37,42-43,45,47-48,50,60H,12,16-17,19,22,25-29,33H2,1-11H3/b46-38+/t34-,35-,36+,37+,42+,43-,45-,47-,48-,50+,52-,53-/m1/s1. The lowest BCUT2D eigenvalue weighted by Gasteiger charge is -2.47. The first-order valence-corrected chi connectivity index (χ1v) is 24.7. The van der Waals surface area contributed by atoms with E-state index in [1.54, 1.807) is 44.6 Å². The number of ether oxygens (including phenoxy) is 7. The van der Waals surface area contributed by atoms with Crippen LogP contribution in [0.5, 0.6) is 0 Å². The van der Waals surface area contributed by atoms with Crippen LogP contribution in [0.2, 0.25) is 0 Å². The number of ketones is 1. The Labute approximate surface area is 409 Å². The normalized spacial score (nSPS) is 32.7. The van der Waals surface area contributed by atoms with E-state index in [-0.39, 0.29) is 48.9 Å². The Morgan fingerprint density at radius 3 is 2.39 bits per heavy atom. The number of likely N-dealkylation sites (N-methyl/N-ethyl adjacent to an activating group) is 1. The summed E-state index contributed by atoms with van der Waals surface area (Å²) in [5.41, 5.74) is 0.465. The SMILES string of the molecule is CC[C@H]1OC(=O)/C(C)=C(/OCOCCCc2ccccc2)[C@H](C)[C@@H](O[C@@H]2O[C@H](C)C[C@H](N(C)C)[C@H]2O)[C@](C)(OC)C[C@@H](C)C(=O)[C@H](C)[C@H]2N(CCCCn3cnc(-c4cccnc4)c3)C(=O)O[C@]12C. The quantitative estimate of drug-likeness (QED) is 0.0750. The number of unbranched alkanes of at least 4 members (excludes halogenated alkanes) is 1. The molecule has 0 spiro atoms. The molecule has 16 heteroatoms. The average molecular weight is 960 g/mol. The Bertz CT molecular complexity index is 2170. The Balaban J connectivity index is 1.32. The molecule has 1 aromatic carbocycles. The van der Waals surface area contributed by atoms with Crippen molar-refractivity contribution in [1.29, 1.82) is 0 Å². The minimum Gasteiger partial charge on any atom is -0.471 e. The number of fused-ring (bicyclic) bond motifs is 1. The van der Waals surface area contributed by atoms with Gasteiger partial charge in [0.1, 0.15) is 23.8 Å². The highest BCUT2D eigenvalue weighted by Gasteiger charge is 2.60. The largest absolute Gasteiger partial charge is 0.471 e. The van der Waals surface area contributed by atoms with Gasteiger partial charge >= 0.3 is 12.1 Å². The van der Waals surface area contributed by atoms with Crippen LogP contribution in [-0.2, 0) is 55.7 Å². The van der Waals surface area contributed by atoms with E-state index in [2.05, 4.69) is 22.1 Å². The first-order valence-electron chi connectivity index (χ1n) is 24.7. The summed E-state index contributed by atoms with van der Waals surface area (Å²) in [5, 5.41) is 11.8. The maximum absolute atomic E-state index is 15.0. The maximum atomic E-state index is 15.0. The van der Waals surface area contributed by atoms with E-state index in [1.165, 1.54) is 5.56 Å². The van der Waals surface area contributed by atoms with Crippen LogP contribution in [0, 0.1) is 17.8 Å². The fraction of sp³-hybridized carbons (Fsp3) is 0.642. The minimum atomic E-state index is -1.40. The van der Waals surface area contributed by atoms with Gasteiger partial charge in [-0.05, 0) is 104 Å². The first kappa shape index (κ1) is 53.6. The molecule has 12 atom stereocenters. The molecule has 3 aliphatic heterocycles. The Morgan fingerprint density at radius 1 is 0.971 bits per heavy atom. The molecule has 0 aliphatic carbocycles. The maximum Gasteiger partial charge on any atom is 0.410 e. The number of hydrogen-bond donors (Lipinski definition) is 1. The summed E-state index contributed by atoms with van der Waals surface area (Å²) in [7, 11) is 5.38. The molecular weight excluding hydrogens is 883 g/mol. The van der Waals surface area contributed by atoms with Gasteiger partial charge in [0.2, 0.25) is 0 Å². The summed E-state index contributed by atoms with van der Waals surface area (Å²) in [6.45, 7) is 15.8. The topological polar surface area (TPSA) is 173 Å². The lowest BCUT2D eigenvalue weighted by atomic mass is 9.74. The van der Waals surface area contributed by atoms with Gasteiger partial charge in [-0.25, -0.2) is 14.6 Å². The number of imidazole rings is 1. The Morgan fingerprint density at radius 2 is 1.71 bits per heavy atom. The van der Waals surface area contributed by atoms with E-state index in [4.69, 9.17) is 33.2 Å². The molecule has 2 fully saturated rings. The van der Waals surface area contributed by atoms with Gasteiger partial charge in [0.05, 0.1) is 48.1 Å². The van der Waals surface area contributed by atoms with Crippen LogP contribution >= 0.6 is 0 Å². The number of benzene rings is 1. The summed E-state index contributed by atoms with van der Waals surface area (Å²) in [4.78, 5) is 56.2. The van der Waals surface area contributed by atoms with Crippen molar-refractivity contribution in [3.8, 4) is 11.3 Å². The van der Waals surface area contributed by atoms with Gasteiger partial charge in [0.15, 0.2) is 18.7 Å². The van der Waals surface area contributed by atoms with Crippen LogP contribution in [0.1, 0.15) is 99.5 Å². The number of esters is 1. The number of carbonyl (C=O) groups excluding carboxylic acids is 3. The number of amides is 1.